The molecule has 0 fully saturated rings. The van der Waals surface area contributed by atoms with Gasteiger partial charge < -0.3 is 20.7 Å². The number of methoxy groups -OCH3 is 1. The zero-order valence-electron chi connectivity index (χ0n) is 11.3. The van der Waals surface area contributed by atoms with Gasteiger partial charge in [-0.3, -0.25) is 0 Å². The molecular formula is C13H20N4OS. The molecule has 19 heavy (non-hydrogen) atoms. The molecule has 2 rings (SSSR count). The lowest BCUT2D eigenvalue weighted by molar-refractivity contribution is 0.163. The standard InChI is InChI=1S/C13H20N4OS/c1-17(7-8-18-2)6-5-15-10-3-4-11-13(12(10)14)16-9-19-11/h3-4,9,15H,5-8,14H2,1-2H3. The van der Waals surface area contributed by atoms with Gasteiger partial charge in [0.2, 0.25) is 0 Å². The first-order valence-corrected chi connectivity index (χ1v) is 7.13. The fraction of sp³-hybridized carbons (Fsp3) is 0.462. The van der Waals surface area contributed by atoms with E-state index in [1.54, 1.807) is 18.4 Å². The van der Waals surface area contributed by atoms with Gasteiger partial charge in [0.1, 0.15) is 5.52 Å². The molecule has 0 saturated carbocycles. The smallest absolute Gasteiger partial charge is 0.106 e. The van der Waals surface area contributed by atoms with Gasteiger partial charge in [0.05, 0.1) is 28.2 Å². The Balaban J connectivity index is 1.89. The number of nitrogens with two attached hydrogens (primary N) is 1. The third kappa shape index (κ3) is 3.56. The van der Waals surface area contributed by atoms with Crippen LogP contribution in [0.25, 0.3) is 10.2 Å². The maximum Gasteiger partial charge on any atom is 0.106 e. The Morgan fingerprint density at radius 3 is 3.05 bits per heavy atom. The topological polar surface area (TPSA) is 63.4 Å². The van der Waals surface area contributed by atoms with Gasteiger partial charge in [-0.1, -0.05) is 0 Å². The molecule has 2 aromatic rings. The lowest BCUT2D eigenvalue weighted by atomic mass is 10.2. The van der Waals surface area contributed by atoms with E-state index >= 15 is 0 Å². The van der Waals surface area contributed by atoms with Crippen molar-refractivity contribution in [3.05, 3.63) is 17.6 Å². The molecule has 0 radical (unpaired) electrons. The summed E-state index contributed by atoms with van der Waals surface area (Å²) < 4.78 is 6.17. The minimum atomic E-state index is 0.735. The van der Waals surface area contributed by atoms with Crippen molar-refractivity contribution in [3.63, 3.8) is 0 Å². The molecule has 1 heterocycles. The molecule has 1 aromatic carbocycles. The van der Waals surface area contributed by atoms with Crippen LogP contribution in [0.4, 0.5) is 11.4 Å². The molecule has 0 amide bonds. The summed E-state index contributed by atoms with van der Waals surface area (Å²) in [7, 11) is 3.80. The molecule has 0 aliphatic rings. The van der Waals surface area contributed by atoms with E-state index in [-0.39, 0.29) is 0 Å². The van der Waals surface area contributed by atoms with Gasteiger partial charge in [-0.25, -0.2) is 4.98 Å². The number of anilines is 2. The lowest BCUT2D eigenvalue weighted by Crippen LogP contribution is -2.28. The predicted molar refractivity (Wildman–Crippen MR) is 81.9 cm³/mol. The Morgan fingerprint density at radius 1 is 1.42 bits per heavy atom. The van der Waals surface area contributed by atoms with Crippen LogP contribution in [0.15, 0.2) is 17.6 Å². The zero-order valence-corrected chi connectivity index (χ0v) is 12.2. The second kappa shape index (κ2) is 6.70. The molecule has 0 aliphatic carbocycles. The van der Waals surface area contributed by atoms with Gasteiger partial charge in [0, 0.05) is 26.7 Å². The van der Waals surface area contributed by atoms with E-state index in [2.05, 4.69) is 28.3 Å². The van der Waals surface area contributed by atoms with Crippen LogP contribution in [0.3, 0.4) is 0 Å². The first-order chi connectivity index (χ1) is 9.22. The minimum Gasteiger partial charge on any atom is -0.395 e. The van der Waals surface area contributed by atoms with Gasteiger partial charge in [0.15, 0.2) is 0 Å². The summed E-state index contributed by atoms with van der Waals surface area (Å²) in [5.41, 5.74) is 10.5. The Hall–Kier alpha value is -1.37. The van der Waals surface area contributed by atoms with E-state index in [0.29, 0.717) is 0 Å². The number of likely N-dealkylation sites (N-methyl/N-ethyl adjacent to an activating group) is 1. The van der Waals surface area contributed by atoms with Crippen molar-refractivity contribution < 1.29 is 4.74 Å². The summed E-state index contributed by atoms with van der Waals surface area (Å²) in [6, 6.07) is 4.07. The van der Waals surface area contributed by atoms with Crippen LogP contribution in [0.1, 0.15) is 0 Å². The van der Waals surface area contributed by atoms with E-state index < -0.39 is 0 Å². The summed E-state index contributed by atoms with van der Waals surface area (Å²) in [5, 5.41) is 3.36. The monoisotopic (exact) mass is 280 g/mol. The van der Waals surface area contributed by atoms with Crippen molar-refractivity contribution in [2.45, 2.75) is 0 Å². The summed E-state index contributed by atoms with van der Waals surface area (Å²) in [6.45, 7) is 3.47. The van der Waals surface area contributed by atoms with E-state index in [9.17, 15) is 0 Å². The lowest BCUT2D eigenvalue weighted by Gasteiger charge is -2.17. The van der Waals surface area contributed by atoms with Crippen molar-refractivity contribution in [3.8, 4) is 0 Å². The van der Waals surface area contributed by atoms with E-state index in [1.807, 2.05) is 11.6 Å². The van der Waals surface area contributed by atoms with Crippen LogP contribution in [0.5, 0.6) is 0 Å². The van der Waals surface area contributed by atoms with Crippen molar-refractivity contribution in [1.29, 1.82) is 0 Å². The first kappa shape index (κ1) is 14.0. The molecule has 0 bridgehead atoms. The number of nitrogen functional groups attached to an aromatic ring is 1. The van der Waals surface area contributed by atoms with Crippen LogP contribution < -0.4 is 11.1 Å². The number of aromatic nitrogens is 1. The van der Waals surface area contributed by atoms with Crippen LogP contribution in [-0.4, -0.2) is 50.3 Å². The zero-order chi connectivity index (χ0) is 13.7. The van der Waals surface area contributed by atoms with Gasteiger partial charge in [-0.15, -0.1) is 11.3 Å². The molecule has 6 heteroatoms. The average molecular weight is 280 g/mol. The van der Waals surface area contributed by atoms with Gasteiger partial charge in [0.25, 0.3) is 0 Å². The maximum atomic E-state index is 6.11. The molecule has 0 unspecified atom stereocenters. The molecule has 0 atom stereocenters. The summed E-state index contributed by atoms with van der Waals surface area (Å²) in [4.78, 5) is 6.51. The quantitative estimate of drug-likeness (QED) is 0.758. The van der Waals surface area contributed by atoms with Crippen molar-refractivity contribution in [2.75, 3.05) is 51.4 Å². The van der Waals surface area contributed by atoms with Crippen molar-refractivity contribution in [1.82, 2.24) is 9.88 Å². The number of hydrogen-bond acceptors (Lipinski definition) is 6. The predicted octanol–water partition coefficient (Wildman–Crippen LogP) is 1.87. The second-order valence-electron chi connectivity index (χ2n) is 4.45. The molecule has 1 aromatic heterocycles. The average Bonchev–Trinajstić information content (AvgIpc) is 2.88. The van der Waals surface area contributed by atoms with Crippen LogP contribution in [0.2, 0.25) is 0 Å². The van der Waals surface area contributed by atoms with E-state index in [1.165, 1.54) is 0 Å². The number of fused-ring (bicyclic) bond motifs is 1. The number of nitrogens with zero attached hydrogens (tertiary/aromatic N) is 2. The second-order valence-corrected chi connectivity index (χ2v) is 5.34. The third-order valence-corrected chi connectivity index (χ3v) is 3.82. The van der Waals surface area contributed by atoms with Crippen molar-refractivity contribution in [2.24, 2.45) is 0 Å². The van der Waals surface area contributed by atoms with Gasteiger partial charge in [-0.2, -0.15) is 0 Å². The highest BCUT2D eigenvalue weighted by molar-refractivity contribution is 7.16. The highest BCUT2D eigenvalue weighted by Gasteiger charge is 2.06. The van der Waals surface area contributed by atoms with Crippen LogP contribution in [-0.2, 0) is 4.74 Å². The molecule has 0 aliphatic heterocycles. The molecular weight excluding hydrogens is 260 g/mol. The number of rotatable bonds is 7. The molecule has 104 valence electrons. The highest BCUT2D eigenvalue weighted by atomic mass is 32.1. The molecule has 3 N–H and O–H groups in total. The Bertz CT molecular complexity index is 528. The largest absolute Gasteiger partial charge is 0.395 e. The van der Waals surface area contributed by atoms with E-state index in [4.69, 9.17) is 10.5 Å². The molecule has 0 spiro atoms. The Labute approximate surface area is 117 Å². The Kier molecular flexibility index (Phi) is 4.95. The summed E-state index contributed by atoms with van der Waals surface area (Å²) in [5.74, 6) is 0. The number of thiazole rings is 1. The maximum absolute atomic E-state index is 6.11. The minimum absolute atomic E-state index is 0.735. The fourth-order valence-electron chi connectivity index (χ4n) is 1.85. The van der Waals surface area contributed by atoms with E-state index in [0.717, 1.165) is 47.8 Å². The number of hydrogen-bond donors (Lipinski definition) is 2. The van der Waals surface area contributed by atoms with Crippen molar-refractivity contribution >= 4 is 32.9 Å². The highest BCUT2D eigenvalue weighted by Crippen LogP contribution is 2.29. The molecule has 5 nitrogen and oxygen atoms in total. The number of nitrogens with one attached hydrogen (secondary N) is 1. The summed E-state index contributed by atoms with van der Waals surface area (Å²) in [6.07, 6.45) is 0. The molecule has 0 saturated heterocycles. The van der Waals surface area contributed by atoms with Gasteiger partial charge >= 0.3 is 0 Å². The summed E-state index contributed by atoms with van der Waals surface area (Å²) >= 11 is 1.61. The normalized spacial score (nSPS) is 11.3. The number of benzene rings is 1. The fourth-order valence-corrected chi connectivity index (χ4v) is 2.54. The van der Waals surface area contributed by atoms with Crippen LogP contribution in [0, 0.1) is 0 Å². The first-order valence-electron chi connectivity index (χ1n) is 6.25. The Morgan fingerprint density at radius 2 is 2.26 bits per heavy atom. The third-order valence-electron chi connectivity index (χ3n) is 3.03. The van der Waals surface area contributed by atoms with Crippen LogP contribution >= 0.6 is 11.3 Å². The SMILES string of the molecule is COCCN(C)CCNc1ccc2scnc2c1N. The number of ether oxygens (including phenoxy) is 1. The van der Waals surface area contributed by atoms with Gasteiger partial charge in [-0.05, 0) is 19.2 Å².